The van der Waals surface area contributed by atoms with Gasteiger partial charge in [-0.1, -0.05) is 6.54 Å². The zero-order valence-electron chi connectivity index (χ0n) is 13.5. The second-order valence-electron chi connectivity index (χ2n) is 4.87. The zero-order valence-corrected chi connectivity index (χ0v) is 14.4. The Bertz CT molecular complexity index is 441. The van der Waals surface area contributed by atoms with Gasteiger partial charge < -0.3 is 15.0 Å². The van der Waals surface area contributed by atoms with E-state index in [1.807, 2.05) is 4.90 Å². The van der Waals surface area contributed by atoms with E-state index in [2.05, 4.69) is 5.32 Å². The van der Waals surface area contributed by atoms with Crippen LogP contribution in [0.4, 0.5) is 0 Å². The van der Waals surface area contributed by atoms with E-state index in [1.54, 1.807) is 13.3 Å². The van der Waals surface area contributed by atoms with Gasteiger partial charge in [-0.05, 0) is 39.2 Å². The molecule has 2 saturated heterocycles. The van der Waals surface area contributed by atoms with E-state index < -0.39 is 24.4 Å². The molecule has 109 valence electrons. The summed E-state index contributed by atoms with van der Waals surface area (Å²) in [5.74, 6) is -0.609. The van der Waals surface area contributed by atoms with Crippen LogP contribution in [0.15, 0.2) is 0 Å². The molecular weight excluding hydrogens is 335 g/mol. The minimum Gasteiger partial charge on any atom is -0.540 e. The molecule has 2 heterocycles. The van der Waals surface area contributed by atoms with Gasteiger partial charge in [0.15, 0.2) is 0 Å². The van der Waals surface area contributed by atoms with Crippen LogP contribution in [0.1, 0.15) is 28.4 Å². The summed E-state index contributed by atoms with van der Waals surface area (Å²) in [4.78, 5) is 38.1. The molecule has 2 fully saturated rings. The standard InChI is InChI=1S/C13H20N3O3.Y/c1-15-7-2-5-11(15)13(19)16-8-3-4-10(16)12(18)14-6-9-17;/h10-11H,2-8H2,1H3,(H,14,18);/q-1;/i2T,3T;. The average Bonchev–Trinajstić information content (AvgIpc) is 2.98. The van der Waals surface area contributed by atoms with Crippen molar-refractivity contribution < 1.29 is 49.8 Å². The van der Waals surface area contributed by atoms with Crippen molar-refractivity contribution in [1.82, 2.24) is 15.1 Å². The molecular formula is C13H20N3O3Y-. The fraction of sp³-hybridized carbons (Fsp3) is 0.769. The summed E-state index contributed by atoms with van der Waals surface area (Å²) < 4.78 is 15.6. The van der Waals surface area contributed by atoms with Crippen LogP contribution in [0, 0.1) is 0 Å². The maximum atomic E-state index is 12.6. The molecule has 20 heavy (non-hydrogen) atoms. The Morgan fingerprint density at radius 2 is 1.95 bits per heavy atom. The molecule has 0 saturated carbocycles. The van der Waals surface area contributed by atoms with Gasteiger partial charge in [0.1, 0.15) is 6.04 Å². The van der Waals surface area contributed by atoms with Gasteiger partial charge in [0, 0.05) is 42.0 Å². The Balaban J connectivity index is 0.00000242. The van der Waals surface area contributed by atoms with Crippen LogP contribution in [0.5, 0.6) is 0 Å². The summed E-state index contributed by atoms with van der Waals surface area (Å²) >= 11 is 0. The fourth-order valence-corrected chi connectivity index (χ4v) is 2.58. The minimum absolute atomic E-state index is 0. The second kappa shape index (κ2) is 8.20. The summed E-state index contributed by atoms with van der Waals surface area (Å²) in [7, 11) is 1.79. The molecule has 6 nitrogen and oxygen atoms in total. The topological polar surface area (TPSA) is 69.7 Å². The van der Waals surface area contributed by atoms with Gasteiger partial charge in [-0.2, -0.15) is 0 Å². The SMILES string of the molecule is [3H]C1CC(C(=O)N2CC([3H])CC2C(=O)NC[C-]=O)N(C)C1.[Y]. The summed E-state index contributed by atoms with van der Waals surface area (Å²) in [5.41, 5.74) is 0. The van der Waals surface area contributed by atoms with Gasteiger partial charge in [-0.25, -0.2) is 6.29 Å². The molecule has 7 heteroatoms. The number of hydrogen-bond donors (Lipinski definition) is 1. The first-order chi connectivity index (χ1) is 9.93. The van der Waals surface area contributed by atoms with Crippen molar-refractivity contribution in [2.45, 2.75) is 37.7 Å². The van der Waals surface area contributed by atoms with Crippen molar-refractivity contribution in [3.63, 3.8) is 0 Å². The summed E-state index contributed by atoms with van der Waals surface area (Å²) in [6.07, 6.45) is 1.51. The summed E-state index contributed by atoms with van der Waals surface area (Å²) in [6.45, 7) is 0.540. The third kappa shape index (κ3) is 3.86. The number of rotatable bonds is 4. The maximum absolute atomic E-state index is 12.6. The molecule has 4 unspecified atom stereocenters. The van der Waals surface area contributed by atoms with Gasteiger partial charge in [-0.3, -0.25) is 14.5 Å². The van der Waals surface area contributed by atoms with E-state index in [4.69, 9.17) is 2.74 Å². The van der Waals surface area contributed by atoms with E-state index in [9.17, 15) is 14.4 Å². The number of nitrogens with zero attached hydrogens (tertiary/aromatic N) is 2. The molecule has 0 aromatic carbocycles. The zero-order chi connectivity index (χ0) is 15.6. The Hall–Kier alpha value is -0.326. The van der Waals surface area contributed by atoms with Crippen molar-refractivity contribution in [2.24, 2.45) is 0 Å². The normalized spacial score (nSPS) is 35.0. The Morgan fingerprint density at radius 1 is 1.30 bits per heavy atom. The first-order valence-electron chi connectivity index (χ1n) is 7.57. The monoisotopic (exact) mass is 359 g/mol. The molecule has 0 aromatic rings. The number of carbonyl (C=O) groups is 2. The first kappa shape index (κ1) is 14.6. The quantitative estimate of drug-likeness (QED) is 0.674. The first-order valence-corrected chi connectivity index (χ1v) is 6.42. The fourth-order valence-electron chi connectivity index (χ4n) is 2.58. The van der Waals surface area contributed by atoms with Gasteiger partial charge in [0.25, 0.3) is 0 Å². The van der Waals surface area contributed by atoms with Crippen LogP contribution in [0.3, 0.4) is 0 Å². The number of carbonyl (C=O) groups excluding carboxylic acids is 3. The van der Waals surface area contributed by atoms with Crippen molar-refractivity contribution in [3.05, 3.63) is 0 Å². The average molecular weight is 359 g/mol. The molecule has 0 aromatic heterocycles. The van der Waals surface area contributed by atoms with Crippen molar-refractivity contribution in [1.29, 1.82) is 0 Å². The summed E-state index contributed by atoms with van der Waals surface area (Å²) in [5, 5.41) is 2.40. The second-order valence-corrected chi connectivity index (χ2v) is 4.87. The van der Waals surface area contributed by atoms with Gasteiger partial charge in [0.05, 0.1) is 6.04 Å². The van der Waals surface area contributed by atoms with Crippen molar-refractivity contribution in [2.75, 3.05) is 26.7 Å². The molecule has 1 radical (unpaired) electrons. The van der Waals surface area contributed by atoms with Crippen LogP contribution in [0.2, 0.25) is 0 Å². The van der Waals surface area contributed by atoms with Gasteiger partial charge in [0.2, 0.25) is 11.8 Å². The van der Waals surface area contributed by atoms with E-state index in [0.29, 0.717) is 13.0 Å². The molecule has 2 rings (SSSR count). The minimum atomic E-state index is -0.702. The molecule has 0 bridgehead atoms. The molecule has 0 aliphatic carbocycles. The molecule has 2 aliphatic heterocycles. The van der Waals surface area contributed by atoms with Gasteiger partial charge >= 0.3 is 0 Å². The molecule has 0 spiro atoms. The predicted molar refractivity (Wildman–Crippen MR) is 69.1 cm³/mol. The number of likely N-dealkylation sites (N-methyl/N-ethyl adjacent to an activating group) is 1. The molecule has 2 amide bonds. The number of nitrogens with one attached hydrogen (secondary N) is 1. The third-order valence-corrected chi connectivity index (χ3v) is 3.64. The van der Waals surface area contributed by atoms with Crippen molar-refractivity contribution >= 4 is 18.1 Å². The Kier molecular flexibility index (Phi) is 5.99. The maximum Gasteiger partial charge on any atom is 0.240 e. The van der Waals surface area contributed by atoms with E-state index in [0.717, 1.165) is 0 Å². The Morgan fingerprint density at radius 3 is 2.55 bits per heavy atom. The van der Waals surface area contributed by atoms with Crippen LogP contribution >= 0.6 is 0 Å². The number of hydrogen-bond acceptors (Lipinski definition) is 4. The van der Waals surface area contributed by atoms with Crippen LogP contribution in [-0.4, -0.2) is 66.7 Å². The van der Waals surface area contributed by atoms with E-state index in [-0.39, 0.29) is 64.5 Å². The van der Waals surface area contributed by atoms with Crippen LogP contribution in [-0.2, 0) is 47.1 Å². The van der Waals surface area contributed by atoms with E-state index >= 15 is 0 Å². The number of likely N-dealkylation sites (tertiary alicyclic amines) is 2. The third-order valence-electron chi connectivity index (χ3n) is 3.64. The van der Waals surface area contributed by atoms with Crippen LogP contribution < -0.4 is 5.32 Å². The summed E-state index contributed by atoms with van der Waals surface area (Å²) in [6, 6.07) is -1.10. The van der Waals surface area contributed by atoms with Gasteiger partial charge in [-0.15, -0.1) is 0 Å². The van der Waals surface area contributed by atoms with Crippen molar-refractivity contribution in [3.8, 4) is 0 Å². The molecule has 4 atom stereocenters. The molecule has 2 aliphatic rings. The van der Waals surface area contributed by atoms with Crippen LogP contribution in [0.25, 0.3) is 0 Å². The smallest absolute Gasteiger partial charge is 0.240 e. The molecule has 1 N–H and O–H groups in total. The van der Waals surface area contributed by atoms with E-state index in [1.165, 1.54) is 4.90 Å². The Labute approximate surface area is 147 Å². The number of amides is 2. The largest absolute Gasteiger partial charge is 0.540 e. The predicted octanol–water partition coefficient (Wildman–Crippen LogP) is -0.705.